The summed E-state index contributed by atoms with van der Waals surface area (Å²) < 4.78 is 1.01. The van der Waals surface area contributed by atoms with Gasteiger partial charge in [-0.05, 0) is 25.0 Å². The minimum absolute atomic E-state index is 0.400. The fourth-order valence-electron chi connectivity index (χ4n) is 2.07. The number of rotatable bonds is 3. The molecule has 1 heterocycles. The zero-order valence-corrected chi connectivity index (χ0v) is 10.5. The Morgan fingerprint density at radius 1 is 1.38 bits per heavy atom. The van der Waals surface area contributed by atoms with Gasteiger partial charge in [0.2, 0.25) is 6.08 Å². The van der Waals surface area contributed by atoms with Gasteiger partial charge in [-0.3, -0.25) is 0 Å². The number of halogens is 1. The van der Waals surface area contributed by atoms with Gasteiger partial charge in [0.05, 0.1) is 6.54 Å². The topological polar surface area (TPSA) is 32.7 Å². The van der Waals surface area contributed by atoms with E-state index in [4.69, 9.17) is 0 Å². The number of isocyanates is 1. The molecule has 0 unspecified atom stereocenters. The van der Waals surface area contributed by atoms with Crippen LogP contribution >= 0.6 is 15.9 Å². The summed E-state index contributed by atoms with van der Waals surface area (Å²) in [7, 11) is 0. The summed E-state index contributed by atoms with van der Waals surface area (Å²) in [5, 5.41) is 0. The van der Waals surface area contributed by atoms with Gasteiger partial charge in [-0.15, -0.1) is 0 Å². The number of hydrogen-bond acceptors (Lipinski definition) is 3. The lowest BCUT2D eigenvalue weighted by atomic mass is 10.1. The minimum atomic E-state index is 0.400. The summed E-state index contributed by atoms with van der Waals surface area (Å²) in [6, 6.07) is 6.09. The summed E-state index contributed by atoms with van der Waals surface area (Å²) in [4.78, 5) is 16.2. The van der Waals surface area contributed by atoms with Gasteiger partial charge in [0, 0.05) is 28.8 Å². The van der Waals surface area contributed by atoms with Gasteiger partial charge >= 0.3 is 0 Å². The lowest BCUT2D eigenvalue weighted by Gasteiger charge is -2.21. The number of benzene rings is 1. The fraction of sp³-hybridized carbons (Fsp3) is 0.417. The van der Waals surface area contributed by atoms with Gasteiger partial charge in [-0.2, -0.15) is 0 Å². The van der Waals surface area contributed by atoms with E-state index in [0.717, 1.165) is 23.1 Å². The Morgan fingerprint density at radius 2 is 2.12 bits per heavy atom. The molecule has 1 aliphatic heterocycles. The number of aliphatic imine (C=N–C) groups is 1. The first-order valence-corrected chi connectivity index (χ1v) is 6.18. The molecule has 0 spiro atoms. The first-order chi connectivity index (χ1) is 7.83. The van der Waals surface area contributed by atoms with Crippen LogP contribution in [0.4, 0.5) is 5.69 Å². The second-order valence-corrected chi connectivity index (χ2v) is 4.69. The van der Waals surface area contributed by atoms with Crippen molar-refractivity contribution in [1.29, 1.82) is 0 Å². The van der Waals surface area contributed by atoms with Crippen LogP contribution in [0.15, 0.2) is 27.7 Å². The standard InChI is InChI=1S/C12H13BrN2O/c13-11-4-3-5-12(10(11)8-14-9-16)15-6-1-2-7-15/h3-5H,1-2,6-8H2. The zero-order chi connectivity index (χ0) is 11.4. The van der Waals surface area contributed by atoms with Gasteiger partial charge in [0.25, 0.3) is 0 Å². The van der Waals surface area contributed by atoms with Crippen LogP contribution in [0.1, 0.15) is 18.4 Å². The van der Waals surface area contributed by atoms with E-state index >= 15 is 0 Å². The summed E-state index contributed by atoms with van der Waals surface area (Å²) in [6.45, 7) is 2.58. The minimum Gasteiger partial charge on any atom is -0.371 e. The van der Waals surface area contributed by atoms with Crippen molar-refractivity contribution in [1.82, 2.24) is 0 Å². The Kier molecular flexibility index (Phi) is 3.75. The third-order valence-electron chi connectivity index (χ3n) is 2.84. The van der Waals surface area contributed by atoms with Crippen LogP contribution in [0.25, 0.3) is 0 Å². The summed E-state index contributed by atoms with van der Waals surface area (Å²) in [5.74, 6) is 0. The molecule has 1 aliphatic rings. The second kappa shape index (κ2) is 5.28. The van der Waals surface area contributed by atoms with E-state index in [9.17, 15) is 4.79 Å². The molecule has 1 saturated heterocycles. The second-order valence-electron chi connectivity index (χ2n) is 3.84. The molecule has 0 saturated carbocycles. The Balaban J connectivity index is 2.34. The van der Waals surface area contributed by atoms with Crippen molar-refractivity contribution in [2.24, 2.45) is 4.99 Å². The molecule has 1 fully saturated rings. The molecule has 0 aliphatic carbocycles. The Morgan fingerprint density at radius 3 is 2.81 bits per heavy atom. The molecular formula is C12H13BrN2O. The van der Waals surface area contributed by atoms with E-state index < -0.39 is 0 Å². The average Bonchev–Trinajstić information content (AvgIpc) is 2.80. The predicted octanol–water partition coefficient (Wildman–Crippen LogP) is 2.89. The van der Waals surface area contributed by atoms with Crippen molar-refractivity contribution in [2.75, 3.05) is 18.0 Å². The smallest absolute Gasteiger partial charge is 0.235 e. The van der Waals surface area contributed by atoms with Gasteiger partial charge in [0.1, 0.15) is 0 Å². The van der Waals surface area contributed by atoms with E-state index in [2.05, 4.69) is 31.9 Å². The van der Waals surface area contributed by atoms with Gasteiger partial charge in [-0.25, -0.2) is 9.79 Å². The van der Waals surface area contributed by atoms with Gasteiger partial charge in [0.15, 0.2) is 0 Å². The molecule has 1 aromatic carbocycles. The number of anilines is 1. The SMILES string of the molecule is O=C=NCc1c(Br)cccc1N1CCCC1. The van der Waals surface area contributed by atoms with Crippen LogP contribution < -0.4 is 4.90 Å². The van der Waals surface area contributed by atoms with E-state index in [0.29, 0.717) is 6.54 Å². The average molecular weight is 281 g/mol. The third-order valence-corrected chi connectivity index (χ3v) is 3.59. The summed E-state index contributed by atoms with van der Waals surface area (Å²) in [5.41, 5.74) is 2.26. The van der Waals surface area contributed by atoms with Crippen LogP contribution in [-0.2, 0) is 11.3 Å². The highest BCUT2D eigenvalue weighted by atomic mass is 79.9. The summed E-state index contributed by atoms with van der Waals surface area (Å²) in [6.07, 6.45) is 4.07. The molecule has 0 amide bonds. The van der Waals surface area contributed by atoms with Crippen LogP contribution in [-0.4, -0.2) is 19.2 Å². The Bertz CT molecular complexity index is 421. The van der Waals surface area contributed by atoms with Crippen molar-refractivity contribution in [3.05, 3.63) is 28.2 Å². The Hall–Kier alpha value is -1.12. The van der Waals surface area contributed by atoms with Gasteiger partial charge in [-0.1, -0.05) is 22.0 Å². The zero-order valence-electron chi connectivity index (χ0n) is 8.95. The van der Waals surface area contributed by atoms with E-state index in [-0.39, 0.29) is 0 Å². The third kappa shape index (κ3) is 2.34. The van der Waals surface area contributed by atoms with Crippen LogP contribution in [0.5, 0.6) is 0 Å². The molecular weight excluding hydrogens is 268 g/mol. The number of carbonyl (C=O) groups excluding carboxylic acids is 1. The largest absolute Gasteiger partial charge is 0.371 e. The molecule has 2 rings (SSSR count). The molecule has 0 radical (unpaired) electrons. The van der Waals surface area contributed by atoms with Crippen LogP contribution in [0, 0.1) is 0 Å². The highest BCUT2D eigenvalue weighted by molar-refractivity contribution is 9.10. The number of nitrogens with zero attached hydrogens (tertiary/aromatic N) is 2. The molecule has 0 N–H and O–H groups in total. The fourth-order valence-corrected chi connectivity index (χ4v) is 2.55. The van der Waals surface area contributed by atoms with Crippen molar-refractivity contribution in [3.8, 4) is 0 Å². The maximum atomic E-state index is 10.2. The van der Waals surface area contributed by atoms with Gasteiger partial charge < -0.3 is 4.90 Å². The molecule has 0 bridgehead atoms. The van der Waals surface area contributed by atoms with Crippen molar-refractivity contribution >= 4 is 27.7 Å². The first kappa shape index (κ1) is 11.4. The molecule has 3 nitrogen and oxygen atoms in total. The van der Waals surface area contributed by atoms with Crippen LogP contribution in [0.2, 0.25) is 0 Å². The molecule has 1 aromatic rings. The first-order valence-electron chi connectivity index (χ1n) is 5.39. The highest BCUT2D eigenvalue weighted by Gasteiger charge is 2.16. The van der Waals surface area contributed by atoms with Crippen molar-refractivity contribution in [3.63, 3.8) is 0 Å². The monoisotopic (exact) mass is 280 g/mol. The maximum Gasteiger partial charge on any atom is 0.235 e. The van der Waals surface area contributed by atoms with Crippen molar-refractivity contribution in [2.45, 2.75) is 19.4 Å². The highest BCUT2D eigenvalue weighted by Crippen LogP contribution is 2.30. The van der Waals surface area contributed by atoms with Crippen molar-refractivity contribution < 1.29 is 4.79 Å². The normalized spacial score (nSPS) is 14.9. The molecule has 84 valence electrons. The maximum absolute atomic E-state index is 10.2. The quantitative estimate of drug-likeness (QED) is 0.630. The van der Waals surface area contributed by atoms with Crippen LogP contribution in [0.3, 0.4) is 0 Å². The molecule has 4 heteroatoms. The summed E-state index contributed by atoms with van der Waals surface area (Å²) >= 11 is 3.51. The van der Waals surface area contributed by atoms with E-state index in [1.807, 2.05) is 12.1 Å². The lowest BCUT2D eigenvalue weighted by Crippen LogP contribution is -2.19. The van der Waals surface area contributed by atoms with E-state index in [1.54, 1.807) is 6.08 Å². The molecule has 0 aromatic heterocycles. The lowest BCUT2D eigenvalue weighted by molar-refractivity contribution is 0.562. The Labute approximate surface area is 103 Å². The number of hydrogen-bond donors (Lipinski definition) is 0. The molecule has 0 atom stereocenters. The molecule has 16 heavy (non-hydrogen) atoms. The predicted molar refractivity (Wildman–Crippen MR) is 67.4 cm³/mol. The van der Waals surface area contributed by atoms with E-state index in [1.165, 1.54) is 18.5 Å².